The van der Waals surface area contributed by atoms with Gasteiger partial charge >= 0.3 is 0 Å². The Kier molecular flexibility index (Phi) is 7.65. The van der Waals surface area contributed by atoms with Crippen LogP contribution in [0.25, 0.3) is 0 Å². The summed E-state index contributed by atoms with van der Waals surface area (Å²) in [4.78, 5) is 0. The summed E-state index contributed by atoms with van der Waals surface area (Å²) in [6.45, 7) is 5.96. The molecule has 1 aromatic rings. The highest BCUT2D eigenvalue weighted by molar-refractivity contribution is 5.10. The predicted octanol–water partition coefficient (Wildman–Crippen LogP) is 3.05. The van der Waals surface area contributed by atoms with Crippen LogP contribution in [-0.2, 0) is 19.5 Å². The first-order valence-corrected chi connectivity index (χ1v) is 7.44. The fraction of sp³-hybridized carbons (Fsp3) is 0.857. The second kappa shape index (κ2) is 9.09. The second-order valence-electron chi connectivity index (χ2n) is 4.93. The maximum absolute atomic E-state index is 5.71. The molecule has 18 heavy (non-hydrogen) atoms. The zero-order valence-corrected chi connectivity index (χ0v) is 12.0. The average molecular weight is 252 g/mol. The Hall–Kier alpha value is -0.900. The van der Waals surface area contributed by atoms with E-state index < -0.39 is 0 Å². The molecule has 0 fully saturated rings. The van der Waals surface area contributed by atoms with E-state index >= 15 is 0 Å². The van der Waals surface area contributed by atoms with Crippen molar-refractivity contribution in [3.05, 3.63) is 11.4 Å². The first-order chi connectivity index (χ1) is 8.83. The number of hydrogen-bond donors (Lipinski definition) is 1. The third kappa shape index (κ3) is 4.77. The lowest BCUT2D eigenvalue weighted by Crippen LogP contribution is -2.08. The van der Waals surface area contributed by atoms with E-state index in [1.54, 1.807) is 0 Å². The lowest BCUT2D eigenvalue weighted by molar-refractivity contribution is 0.503. The Bertz CT molecular complexity index is 320. The molecule has 1 heterocycles. The summed E-state index contributed by atoms with van der Waals surface area (Å²) in [6.07, 6.45) is 9.91. The van der Waals surface area contributed by atoms with E-state index in [1.165, 1.54) is 50.6 Å². The van der Waals surface area contributed by atoms with E-state index in [-0.39, 0.29) is 0 Å². The SMILES string of the molecule is CCCCCCCn1nnc(CN)c1CCCC. The number of unbranched alkanes of at least 4 members (excludes halogenated alkanes) is 5. The number of nitrogens with two attached hydrogens (primary N) is 1. The highest BCUT2D eigenvalue weighted by Gasteiger charge is 2.10. The molecule has 2 N–H and O–H groups in total. The molecular weight excluding hydrogens is 224 g/mol. The molecule has 1 rings (SSSR count). The van der Waals surface area contributed by atoms with E-state index in [0.717, 1.165) is 18.7 Å². The Morgan fingerprint density at radius 1 is 1.00 bits per heavy atom. The Balaban J connectivity index is 2.45. The van der Waals surface area contributed by atoms with Gasteiger partial charge in [-0.2, -0.15) is 0 Å². The second-order valence-corrected chi connectivity index (χ2v) is 4.93. The summed E-state index contributed by atoms with van der Waals surface area (Å²) >= 11 is 0. The monoisotopic (exact) mass is 252 g/mol. The molecular formula is C14H28N4. The van der Waals surface area contributed by atoms with E-state index in [4.69, 9.17) is 5.73 Å². The van der Waals surface area contributed by atoms with Crippen LogP contribution in [0.4, 0.5) is 0 Å². The average Bonchev–Trinajstić information content (AvgIpc) is 2.78. The first-order valence-electron chi connectivity index (χ1n) is 7.44. The smallest absolute Gasteiger partial charge is 0.0994 e. The lowest BCUT2D eigenvalue weighted by Gasteiger charge is -2.07. The molecule has 0 saturated heterocycles. The third-order valence-corrected chi connectivity index (χ3v) is 3.35. The van der Waals surface area contributed by atoms with Crippen LogP contribution in [0.15, 0.2) is 0 Å². The fourth-order valence-electron chi connectivity index (χ4n) is 2.19. The summed E-state index contributed by atoms with van der Waals surface area (Å²) in [5, 5.41) is 8.43. The van der Waals surface area contributed by atoms with Crippen LogP contribution in [-0.4, -0.2) is 15.0 Å². The number of rotatable bonds is 10. The number of aryl methyl sites for hydroxylation is 1. The largest absolute Gasteiger partial charge is 0.325 e. The van der Waals surface area contributed by atoms with E-state index in [9.17, 15) is 0 Å². The van der Waals surface area contributed by atoms with Crippen molar-refractivity contribution in [3.8, 4) is 0 Å². The van der Waals surface area contributed by atoms with Crippen LogP contribution in [0.5, 0.6) is 0 Å². The molecule has 0 saturated carbocycles. The summed E-state index contributed by atoms with van der Waals surface area (Å²) in [5.41, 5.74) is 7.96. The molecule has 4 nitrogen and oxygen atoms in total. The number of hydrogen-bond acceptors (Lipinski definition) is 3. The van der Waals surface area contributed by atoms with Crippen LogP contribution in [0.3, 0.4) is 0 Å². The van der Waals surface area contributed by atoms with Crippen molar-refractivity contribution in [2.24, 2.45) is 5.73 Å². The van der Waals surface area contributed by atoms with Gasteiger partial charge in [-0.1, -0.05) is 51.2 Å². The van der Waals surface area contributed by atoms with Gasteiger partial charge in [-0.25, -0.2) is 4.68 Å². The molecule has 0 radical (unpaired) electrons. The zero-order chi connectivity index (χ0) is 13.2. The van der Waals surface area contributed by atoms with Gasteiger partial charge < -0.3 is 5.73 Å². The molecule has 104 valence electrons. The van der Waals surface area contributed by atoms with Gasteiger partial charge in [0.25, 0.3) is 0 Å². The number of aromatic nitrogens is 3. The molecule has 0 amide bonds. The molecule has 1 aromatic heterocycles. The van der Waals surface area contributed by atoms with Crippen molar-refractivity contribution >= 4 is 0 Å². The third-order valence-electron chi connectivity index (χ3n) is 3.35. The highest BCUT2D eigenvalue weighted by atomic mass is 15.4. The Morgan fingerprint density at radius 3 is 2.39 bits per heavy atom. The zero-order valence-electron chi connectivity index (χ0n) is 12.0. The van der Waals surface area contributed by atoms with Gasteiger partial charge in [0.1, 0.15) is 0 Å². The van der Waals surface area contributed by atoms with Crippen LogP contribution < -0.4 is 5.73 Å². The van der Waals surface area contributed by atoms with Gasteiger partial charge in [-0.15, -0.1) is 5.10 Å². The van der Waals surface area contributed by atoms with Crippen LogP contribution in [0.2, 0.25) is 0 Å². The van der Waals surface area contributed by atoms with E-state index in [0.29, 0.717) is 6.54 Å². The van der Waals surface area contributed by atoms with Gasteiger partial charge in [0.2, 0.25) is 0 Å². The van der Waals surface area contributed by atoms with Crippen molar-refractivity contribution in [1.29, 1.82) is 0 Å². The van der Waals surface area contributed by atoms with Gasteiger partial charge in [-0.3, -0.25) is 0 Å². The van der Waals surface area contributed by atoms with E-state index in [1.807, 2.05) is 0 Å². The topological polar surface area (TPSA) is 56.7 Å². The van der Waals surface area contributed by atoms with Crippen molar-refractivity contribution < 1.29 is 0 Å². The molecule has 0 atom stereocenters. The fourth-order valence-corrected chi connectivity index (χ4v) is 2.19. The quantitative estimate of drug-likeness (QED) is 0.651. The predicted molar refractivity (Wildman–Crippen MR) is 75.3 cm³/mol. The standard InChI is InChI=1S/C14H28N4/c1-3-5-7-8-9-11-18-14(10-6-4-2)13(12-15)16-17-18/h3-12,15H2,1-2H3. The van der Waals surface area contributed by atoms with Crippen molar-refractivity contribution in [3.63, 3.8) is 0 Å². The Labute approximate surface area is 111 Å². The Morgan fingerprint density at radius 2 is 1.72 bits per heavy atom. The molecule has 0 unspecified atom stereocenters. The van der Waals surface area contributed by atoms with Crippen molar-refractivity contribution in [1.82, 2.24) is 15.0 Å². The molecule has 0 bridgehead atoms. The lowest BCUT2D eigenvalue weighted by atomic mass is 10.1. The van der Waals surface area contributed by atoms with Gasteiger partial charge in [0, 0.05) is 13.1 Å². The number of nitrogens with zero attached hydrogens (tertiary/aromatic N) is 3. The van der Waals surface area contributed by atoms with Crippen LogP contribution >= 0.6 is 0 Å². The normalized spacial score (nSPS) is 11.1. The minimum atomic E-state index is 0.509. The molecule has 4 heteroatoms. The first kappa shape index (κ1) is 15.2. The van der Waals surface area contributed by atoms with Crippen molar-refractivity contribution in [2.75, 3.05) is 0 Å². The minimum Gasteiger partial charge on any atom is -0.325 e. The molecule has 0 aliphatic rings. The highest BCUT2D eigenvalue weighted by Crippen LogP contribution is 2.11. The maximum atomic E-state index is 5.71. The molecule has 0 aromatic carbocycles. The van der Waals surface area contributed by atoms with Crippen LogP contribution in [0, 0.1) is 0 Å². The molecule has 0 spiro atoms. The maximum Gasteiger partial charge on any atom is 0.0994 e. The van der Waals surface area contributed by atoms with Gasteiger partial charge in [0.05, 0.1) is 11.4 Å². The van der Waals surface area contributed by atoms with Crippen molar-refractivity contribution in [2.45, 2.75) is 78.3 Å². The summed E-state index contributed by atoms with van der Waals surface area (Å²) in [5.74, 6) is 0. The summed E-state index contributed by atoms with van der Waals surface area (Å²) in [6, 6.07) is 0. The minimum absolute atomic E-state index is 0.509. The summed E-state index contributed by atoms with van der Waals surface area (Å²) < 4.78 is 2.07. The van der Waals surface area contributed by atoms with Gasteiger partial charge in [-0.05, 0) is 19.3 Å². The summed E-state index contributed by atoms with van der Waals surface area (Å²) in [7, 11) is 0. The van der Waals surface area contributed by atoms with Gasteiger partial charge in [0.15, 0.2) is 0 Å². The molecule has 0 aliphatic carbocycles. The van der Waals surface area contributed by atoms with Crippen LogP contribution in [0.1, 0.15) is 70.2 Å². The molecule has 0 aliphatic heterocycles. The van der Waals surface area contributed by atoms with E-state index in [2.05, 4.69) is 28.8 Å².